The minimum absolute atomic E-state index is 0.333. The maximum absolute atomic E-state index is 12.1. The third-order valence-electron chi connectivity index (χ3n) is 3.44. The largest absolute Gasteiger partial charge is 0.465 e. The summed E-state index contributed by atoms with van der Waals surface area (Å²) in [5.74, 6) is -0.481. The molecule has 2 rings (SSSR count). The molecule has 5 heteroatoms. The molecule has 0 atom stereocenters. The van der Waals surface area contributed by atoms with Gasteiger partial charge in [0.2, 0.25) is 0 Å². The number of rotatable bonds is 5. The fourth-order valence-electron chi connectivity index (χ4n) is 2.15. The van der Waals surface area contributed by atoms with Crippen molar-refractivity contribution in [3.05, 3.63) is 65.2 Å². The second-order valence-corrected chi connectivity index (χ2v) is 5.02. The molecule has 0 aromatic heterocycles. The molecular formula is C18H20N2O3. The SMILES string of the molecule is CCc1ccc(C(=O)OC)c(NC(=O)NCc2ccccc2)c1. The number of carbonyl (C=O) groups is 2. The van der Waals surface area contributed by atoms with Gasteiger partial charge in [0.25, 0.3) is 0 Å². The van der Waals surface area contributed by atoms with Crippen molar-refractivity contribution in [2.24, 2.45) is 0 Å². The minimum atomic E-state index is -0.481. The molecule has 0 spiro atoms. The molecule has 0 aliphatic heterocycles. The monoisotopic (exact) mass is 312 g/mol. The molecule has 0 radical (unpaired) electrons. The van der Waals surface area contributed by atoms with Gasteiger partial charge in [0, 0.05) is 6.54 Å². The third-order valence-corrected chi connectivity index (χ3v) is 3.44. The summed E-state index contributed by atoms with van der Waals surface area (Å²) in [7, 11) is 1.31. The average molecular weight is 312 g/mol. The smallest absolute Gasteiger partial charge is 0.339 e. The standard InChI is InChI=1S/C18H20N2O3/c1-3-13-9-10-15(17(21)23-2)16(11-13)20-18(22)19-12-14-7-5-4-6-8-14/h4-11H,3,12H2,1-2H3,(H2,19,20,22). The van der Waals surface area contributed by atoms with E-state index in [-0.39, 0.29) is 6.03 Å². The lowest BCUT2D eigenvalue weighted by atomic mass is 10.1. The molecular weight excluding hydrogens is 292 g/mol. The van der Waals surface area contributed by atoms with E-state index in [1.807, 2.05) is 43.3 Å². The number of urea groups is 1. The van der Waals surface area contributed by atoms with Crippen LogP contribution in [0.25, 0.3) is 0 Å². The predicted octanol–water partition coefficient (Wildman–Crippen LogP) is 3.36. The molecule has 0 aliphatic rings. The van der Waals surface area contributed by atoms with E-state index < -0.39 is 5.97 Å². The van der Waals surface area contributed by atoms with Crippen LogP contribution in [0.3, 0.4) is 0 Å². The van der Waals surface area contributed by atoms with Gasteiger partial charge in [0.15, 0.2) is 0 Å². The second-order valence-electron chi connectivity index (χ2n) is 5.02. The van der Waals surface area contributed by atoms with E-state index in [0.717, 1.165) is 17.5 Å². The summed E-state index contributed by atoms with van der Waals surface area (Å²) in [6.07, 6.45) is 0.807. The van der Waals surface area contributed by atoms with Crippen LogP contribution in [0.4, 0.5) is 10.5 Å². The van der Waals surface area contributed by atoms with Crippen molar-refractivity contribution in [3.63, 3.8) is 0 Å². The van der Waals surface area contributed by atoms with E-state index in [9.17, 15) is 9.59 Å². The molecule has 120 valence electrons. The first-order chi connectivity index (χ1) is 11.1. The first-order valence-electron chi connectivity index (χ1n) is 7.44. The molecule has 23 heavy (non-hydrogen) atoms. The van der Waals surface area contributed by atoms with Crippen molar-refractivity contribution in [3.8, 4) is 0 Å². The first-order valence-corrected chi connectivity index (χ1v) is 7.44. The van der Waals surface area contributed by atoms with Crippen molar-refractivity contribution >= 4 is 17.7 Å². The van der Waals surface area contributed by atoms with Crippen molar-refractivity contribution in [1.29, 1.82) is 0 Å². The lowest BCUT2D eigenvalue weighted by Crippen LogP contribution is -2.29. The Balaban J connectivity index is 2.08. The number of ether oxygens (including phenoxy) is 1. The predicted molar refractivity (Wildman–Crippen MR) is 89.5 cm³/mol. The first kappa shape index (κ1) is 16.5. The van der Waals surface area contributed by atoms with E-state index in [1.165, 1.54) is 7.11 Å². The second kappa shape index (κ2) is 7.98. The average Bonchev–Trinajstić information content (AvgIpc) is 2.60. The molecule has 2 aromatic carbocycles. The van der Waals surface area contributed by atoms with Crippen molar-refractivity contribution < 1.29 is 14.3 Å². The number of hydrogen-bond acceptors (Lipinski definition) is 3. The van der Waals surface area contributed by atoms with Gasteiger partial charge in [-0.25, -0.2) is 9.59 Å². The van der Waals surface area contributed by atoms with E-state index in [1.54, 1.807) is 12.1 Å². The zero-order chi connectivity index (χ0) is 16.7. The number of carbonyl (C=O) groups excluding carboxylic acids is 2. The van der Waals surface area contributed by atoms with Crippen LogP contribution in [0.5, 0.6) is 0 Å². The molecule has 0 unspecified atom stereocenters. The highest BCUT2D eigenvalue weighted by atomic mass is 16.5. The number of benzene rings is 2. The molecule has 0 fully saturated rings. The van der Waals surface area contributed by atoms with Gasteiger partial charge in [-0.15, -0.1) is 0 Å². The zero-order valence-electron chi connectivity index (χ0n) is 13.3. The normalized spacial score (nSPS) is 10.0. The lowest BCUT2D eigenvalue weighted by Gasteiger charge is -2.12. The maximum atomic E-state index is 12.1. The van der Waals surface area contributed by atoms with Gasteiger partial charge < -0.3 is 15.4 Å². The lowest BCUT2D eigenvalue weighted by molar-refractivity contribution is 0.0602. The van der Waals surface area contributed by atoms with Gasteiger partial charge in [-0.2, -0.15) is 0 Å². The summed E-state index contributed by atoms with van der Waals surface area (Å²) in [4.78, 5) is 23.9. The Bertz CT molecular complexity index is 684. The molecule has 5 nitrogen and oxygen atoms in total. The Hall–Kier alpha value is -2.82. The topological polar surface area (TPSA) is 67.4 Å². The quantitative estimate of drug-likeness (QED) is 0.832. The third kappa shape index (κ3) is 4.57. The van der Waals surface area contributed by atoms with Gasteiger partial charge in [-0.3, -0.25) is 0 Å². The van der Waals surface area contributed by atoms with E-state index in [2.05, 4.69) is 10.6 Å². The maximum Gasteiger partial charge on any atom is 0.339 e. The number of anilines is 1. The molecule has 0 heterocycles. The van der Waals surface area contributed by atoms with Crippen LogP contribution >= 0.6 is 0 Å². The van der Waals surface area contributed by atoms with Gasteiger partial charge in [-0.05, 0) is 29.7 Å². The fraction of sp³-hybridized carbons (Fsp3) is 0.222. The van der Waals surface area contributed by atoms with E-state index in [4.69, 9.17) is 4.74 Å². The summed E-state index contributed by atoms with van der Waals surface area (Å²) in [5, 5.41) is 5.49. The van der Waals surface area contributed by atoms with Crippen LogP contribution in [0.1, 0.15) is 28.4 Å². The van der Waals surface area contributed by atoms with Crippen molar-refractivity contribution in [1.82, 2.24) is 5.32 Å². The Morgan fingerprint density at radius 2 is 1.78 bits per heavy atom. The Kier molecular flexibility index (Phi) is 5.74. The van der Waals surface area contributed by atoms with Crippen LogP contribution in [0, 0.1) is 0 Å². The summed E-state index contributed by atoms with van der Waals surface area (Å²) >= 11 is 0. The van der Waals surface area contributed by atoms with Gasteiger partial charge in [0.05, 0.1) is 18.4 Å². The van der Waals surface area contributed by atoms with Crippen LogP contribution < -0.4 is 10.6 Å². The van der Waals surface area contributed by atoms with E-state index >= 15 is 0 Å². The summed E-state index contributed by atoms with van der Waals surface area (Å²) in [6.45, 7) is 2.42. The number of nitrogens with one attached hydrogen (secondary N) is 2. The van der Waals surface area contributed by atoms with Crippen LogP contribution in [0.2, 0.25) is 0 Å². The minimum Gasteiger partial charge on any atom is -0.465 e. The number of hydrogen-bond donors (Lipinski definition) is 2. The molecule has 0 saturated heterocycles. The highest BCUT2D eigenvalue weighted by molar-refractivity contribution is 6.00. The van der Waals surface area contributed by atoms with Gasteiger partial charge >= 0.3 is 12.0 Å². The number of esters is 1. The number of aryl methyl sites for hydroxylation is 1. The van der Waals surface area contributed by atoms with Crippen LogP contribution in [0.15, 0.2) is 48.5 Å². The van der Waals surface area contributed by atoms with E-state index in [0.29, 0.717) is 17.8 Å². The Morgan fingerprint density at radius 3 is 2.43 bits per heavy atom. The molecule has 2 aromatic rings. The molecule has 2 amide bonds. The van der Waals surface area contributed by atoms with Crippen molar-refractivity contribution in [2.45, 2.75) is 19.9 Å². The molecule has 0 saturated carbocycles. The highest BCUT2D eigenvalue weighted by Gasteiger charge is 2.14. The fourth-order valence-corrected chi connectivity index (χ4v) is 2.15. The molecule has 0 bridgehead atoms. The van der Waals surface area contributed by atoms with Crippen LogP contribution in [-0.2, 0) is 17.7 Å². The Labute approximate surface area is 135 Å². The summed E-state index contributed by atoms with van der Waals surface area (Å²) in [5.41, 5.74) is 2.80. The van der Waals surface area contributed by atoms with Crippen LogP contribution in [-0.4, -0.2) is 19.1 Å². The Morgan fingerprint density at radius 1 is 1.04 bits per heavy atom. The molecule has 0 aliphatic carbocycles. The number of amides is 2. The summed E-state index contributed by atoms with van der Waals surface area (Å²) in [6, 6.07) is 14.5. The summed E-state index contributed by atoms with van der Waals surface area (Å²) < 4.78 is 4.75. The highest BCUT2D eigenvalue weighted by Crippen LogP contribution is 2.19. The van der Waals surface area contributed by atoms with Gasteiger partial charge in [0.1, 0.15) is 0 Å². The zero-order valence-corrected chi connectivity index (χ0v) is 13.3. The van der Waals surface area contributed by atoms with Gasteiger partial charge in [-0.1, -0.05) is 43.3 Å². The molecule has 2 N–H and O–H groups in total. The van der Waals surface area contributed by atoms with Crippen molar-refractivity contribution in [2.75, 3.05) is 12.4 Å². The number of methoxy groups -OCH3 is 1.